The summed E-state index contributed by atoms with van der Waals surface area (Å²) in [7, 11) is 1.64. The van der Waals surface area contributed by atoms with Gasteiger partial charge in [-0.25, -0.2) is 0 Å². The standard InChI is InChI=1S/C15H23NO3/c1-5-12(3)16(10-15(17)18)9-13-8-11(2)6-7-14(13)19-4/h6-8,12H,5,9-10H2,1-4H3,(H,17,18). The molecule has 0 saturated carbocycles. The van der Waals surface area contributed by atoms with E-state index in [1.807, 2.05) is 30.9 Å². The molecule has 0 aliphatic heterocycles. The molecule has 0 aromatic heterocycles. The summed E-state index contributed by atoms with van der Waals surface area (Å²) in [6.07, 6.45) is 0.918. The second-order valence-electron chi connectivity index (χ2n) is 4.87. The van der Waals surface area contributed by atoms with E-state index in [1.54, 1.807) is 7.11 Å². The number of rotatable bonds is 7. The highest BCUT2D eigenvalue weighted by molar-refractivity contribution is 5.69. The number of benzene rings is 1. The number of hydrogen-bond donors (Lipinski definition) is 1. The minimum atomic E-state index is -0.799. The Kier molecular flexibility index (Phi) is 5.83. The van der Waals surface area contributed by atoms with Crippen molar-refractivity contribution in [3.63, 3.8) is 0 Å². The third-order valence-electron chi connectivity index (χ3n) is 3.36. The summed E-state index contributed by atoms with van der Waals surface area (Å²) in [6.45, 7) is 6.77. The van der Waals surface area contributed by atoms with Gasteiger partial charge in [-0.15, -0.1) is 0 Å². The van der Waals surface area contributed by atoms with E-state index in [1.165, 1.54) is 0 Å². The molecule has 1 rings (SSSR count). The van der Waals surface area contributed by atoms with E-state index in [0.717, 1.165) is 23.3 Å². The summed E-state index contributed by atoms with van der Waals surface area (Å²) in [4.78, 5) is 12.9. The molecule has 19 heavy (non-hydrogen) atoms. The van der Waals surface area contributed by atoms with Gasteiger partial charge in [0.25, 0.3) is 0 Å². The highest BCUT2D eigenvalue weighted by Gasteiger charge is 2.17. The molecule has 106 valence electrons. The van der Waals surface area contributed by atoms with Crippen molar-refractivity contribution in [3.05, 3.63) is 29.3 Å². The largest absolute Gasteiger partial charge is 0.496 e. The number of carboxylic acids is 1. The van der Waals surface area contributed by atoms with E-state index in [4.69, 9.17) is 9.84 Å². The first-order valence-electron chi connectivity index (χ1n) is 6.57. The van der Waals surface area contributed by atoms with E-state index in [2.05, 4.69) is 13.0 Å². The summed E-state index contributed by atoms with van der Waals surface area (Å²) in [5.41, 5.74) is 2.18. The second-order valence-corrected chi connectivity index (χ2v) is 4.87. The van der Waals surface area contributed by atoms with Gasteiger partial charge < -0.3 is 9.84 Å². The number of carboxylic acid groups (broad SMARTS) is 1. The molecule has 0 heterocycles. The Morgan fingerprint density at radius 2 is 2.16 bits per heavy atom. The van der Waals surface area contributed by atoms with Crippen LogP contribution >= 0.6 is 0 Å². The molecular formula is C15H23NO3. The van der Waals surface area contributed by atoms with Crippen molar-refractivity contribution in [1.29, 1.82) is 0 Å². The van der Waals surface area contributed by atoms with Crippen LogP contribution in [0.1, 0.15) is 31.4 Å². The SMILES string of the molecule is CCC(C)N(CC(=O)O)Cc1cc(C)ccc1OC. The molecule has 1 aromatic carbocycles. The highest BCUT2D eigenvalue weighted by atomic mass is 16.5. The minimum Gasteiger partial charge on any atom is -0.496 e. The first-order valence-corrected chi connectivity index (χ1v) is 6.57. The van der Waals surface area contributed by atoms with Gasteiger partial charge >= 0.3 is 5.97 Å². The molecule has 4 heteroatoms. The lowest BCUT2D eigenvalue weighted by Crippen LogP contribution is -2.36. The first kappa shape index (κ1) is 15.5. The normalized spacial score (nSPS) is 12.5. The van der Waals surface area contributed by atoms with Crippen molar-refractivity contribution in [2.24, 2.45) is 0 Å². The third kappa shape index (κ3) is 4.56. The Balaban J connectivity index is 2.94. The Hall–Kier alpha value is -1.55. The van der Waals surface area contributed by atoms with Crippen LogP contribution in [0.25, 0.3) is 0 Å². The van der Waals surface area contributed by atoms with E-state index in [0.29, 0.717) is 6.54 Å². The molecule has 0 saturated heterocycles. The van der Waals surface area contributed by atoms with Gasteiger partial charge in [-0.2, -0.15) is 0 Å². The fraction of sp³-hybridized carbons (Fsp3) is 0.533. The van der Waals surface area contributed by atoms with Crippen LogP contribution in [0.5, 0.6) is 5.75 Å². The van der Waals surface area contributed by atoms with Crippen LogP contribution in [-0.2, 0) is 11.3 Å². The van der Waals surface area contributed by atoms with Gasteiger partial charge in [0, 0.05) is 18.2 Å². The third-order valence-corrected chi connectivity index (χ3v) is 3.36. The van der Waals surface area contributed by atoms with Gasteiger partial charge in [0.1, 0.15) is 5.75 Å². The molecule has 0 fully saturated rings. The van der Waals surface area contributed by atoms with E-state index >= 15 is 0 Å². The summed E-state index contributed by atoms with van der Waals surface area (Å²) >= 11 is 0. The van der Waals surface area contributed by atoms with Gasteiger partial charge in [0.05, 0.1) is 13.7 Å². The van der Waals surface area contributed by atoms with E-state index in [-0.39, 0.29) is 12.6 Å². The number of carbonyl (C=O) groups is 1. The average molecular weight is 265 g/mol. The predicted molar refractivity (Wildman–Crippen MR) is 75.5 cm³/mol. The molecule has 0 spiro atoms. The lowest BCUT2D eigenvalue weighted by Gasteiger charge is -2.27. The Bertz CT molecular complexity index is 431. The highest BCUT2D eigenvalue weighted by Crippen LogP contribution is 2.22. The van der Waals surface area contributed by atoms with Crippen LogP contribution in [-0.4, -0.2) is 35.7 Å². The maximum absolute atomic E-state index is 11.0. The first-order chi connectivity index (χ1) is 8.97. The molecule has 4 nitrogen and oxygen atoms in total. The Morgan fingerprint density at radius 1 is 1.47 bits per heavy atom. The zero-order valence-corrected chi connectivity index (χ0v) is 12.1. The summed E-state index contributed by atoms with van der Waals surface area (Å²) < 4.78 is 5.35. The van der Waals surface area contributed by atoms with Crippen molar-refractivity contribution in [2.75, 3.05) is 13.7 Å². The minimum absolute atomic E-state index is 0.0477. The molecule has 1 unspecified atom stereocenters. The molecule has 1 atom stereocenters. The number of aryl methyl sites for hydroxylation is 1. The van der Waals surface area contributed by atoms with Gasteiger partial charge in [-0.05, 0) is 26.3 Å². The molecule has 0 amide bonds. The van der Waals surface area contributed by atoms with Gasteiger partial charge in [-0.1, -0.05) is 24.6 Å². The van der Waals surface area contributed by atoms with Crippen molar-refractivity contribution in [1.82, 2.24) is 4.90 Å². The molecule has 0 aliphatic rings. The average Bonchev–Trinajstić information content (AvgIpc) is 2.36. The van der Waals surface area contributed by atoms with E-state index in [9.17, 15) is 4.79 Å². The summed E-state index contributed by atoms with van der Waals surface area (Å²) in [5, 5.41) is 9.01. The Labute approximate surface area is 115 Å². The fourth-order valence-corrected chi connectivity index (χ4v) is 2.05. The van der Waals surface area contributed by atoms with Crippen LogP contribution in [0.2, 0.25) is 0 Å². The van der Waals surface area contributed by atoms with E-state index < -0.39 is 5.97 Å². The second kappa shape index (κ2) is 7.14. The molecule has 0 aliphatic carbocycles. The van der Waals surface area contributed by atoms with Crippen LogP contribution in [0.15, 0.2) is 18.2 Å². The number of ether oxygens (including phenoxy) is 1. The van der Waals surface area contributed by atoms with Crippen LogP contribution in [0, 0.1) is 6.92 Å². The number of aliphatic carboxylic acids is 1. The summed E-state index contributed by atoms with van der Waals surface area (Å²) in [6, 6.07) is 6.20. The van der Waals surface area contributed by atoms with Crippen LogP contribution in [0.3, 0.4) is 0 Å². The summed E-state index contributed by atoms with van der Waals surface area (Å²) in [5.74, 6) is 0.0104. The zero-order chi connectivity index (χ0) is 14.4. The zero-order valence-electron chi connectivity index (χ0n) is 12.1. The van der Waals surface area contributed by atoms with Crippen LogP contribution in [0.4, 0.5) is 0 Å². The Morgan fingerprint density at radius 3 is 2.68 bits per heavy atom. The maximum Gasteiger partial charge on any atom is 0.317 e. The smallest absolute Gasteiger partial charge is 0.317 e. The number of methoxy groups -OCH3 is 1. The van der Waals surface area contributed by atoms with Crippen molar-refractivity contribution < 1.29 is 14.6 Å². The monoisotopic (exact) mass is 265 g/mol. The van der Waals surface area contributed by atoms with Crippen molar-refractivity contribution in [3.8, 4) is 5.75 Å². The number of nitrogens with zero attached hydrogens (tertiary/aromatic N) is 1. The molecule has 0 bridgehead atoms. The predicted octanol–water partition coefficient (Wildman–Crippen LogP) is 2.69. The molecule has 1 N–H and O–H groups in total. The maximum atomic E-state index is 11.0. The van der Waals surface area contributed by atoms with Crippen molar-refractivity contribution >= 4 is 5.97 Å². The van der Waals surface area contributed by atoms with Gasteiger partial charge in [0.15, 0.2) is 0 Å². The molecule has 1 aromatic rings. The van der Waals surface area contributed by atoms with Crippen molar-refractivity contribution in [2.45, 2.75) is 39.8 Å². The fourth-order valence-electron chi connectivity index (χ4n) is 2.05. The van der Waals surface area contributed by atoms with Crippen LogP contribution < -0.4 is 4.74 Å². The molecular weight excluding hydrogens is 242 g/mol. The number of hydrogen-bond acceptors (Lipinski definition) is 3. The topological polar surface area (TPSA) is 49.8 Å². The molecule has 0 radical (unpaired) electrons. The van der Waals surface area contributed by atoms with Gasteiger partial charge in [-0.3, -0.25) is 9.69 Å². The lowest BCUT2D eigenvalue weighted by molar-refractivity contribution is -0.139. The van der Waals surface area contributed by atoms with Gasteiger partial charge in [0.2, 0.25) is 0 Å². The lowest BCUT2D eigenvalue weighted by atomic mass is 10.1. The quantitative estimate of drug-likeness (QED) is 0.823.